The SMILES string of the molecule is C\C=C/C=C\C(=C/C)Oc1ccc(C)cc1. The van der Waals surface area contributed by atoms with Crippen molar-refractivity contribution in [3.05, 3.63) is 66.0 Å². The summed E-state index contributed by atoms with van der Waals surface area (Å²) in [6.45, 7) is 6.01. The first kappa shape index (κ1) is 12.3. The Hall–Kier alpha value is -1.76. The zero-order chi connectivity index (χ0) is 11.8. The molecule has 0 aliphatic heterocycles. The second-order valence-electron chi connectivity index (χ2n) is 3.49. The van der Waals surface area contributed by atoms with Crippen LogP contribution >= 0.6 is 0 Å². The molecule has 16 heavy (non-hydrogen) atoms. The van der Waals surface area contributed by atoms with Crippen molar-refractivity contribution in [2.45, 2.75) is 20.8 Å². The molecule has 0 spiro atoms. The van der Waals surface area contributed by atoms with E-state index in [0.29, 0.717) is 0 Å². The zero-order valence-electron chi connectivity index (χ0n) is 10.1. The van der Waals surface area contributed by atoms with Gasteiger partial charge in [-0.25, -0.2) is 0 Å². The minimum Gasteiger partial charge on any atom is -0.458 e. The van der Waals surface area contributed by atoms with E-state index in [4.69, 9.17) is 4.74 Å². The third kappa shape index (κ3) is 4.18. The molecule has 0 aliphatic rings. The van der Waals surface area contributed by atoms with Crippen molar-refractivity contribution >= 4 is 0 Å². The van der Waals surface area contributed by atoms with Crippen LogP contribution in [0, 0.1) is 6.92 Å². The van der Waals surface area contributed by atoms with Gasteiger partial charge in [0.1, 0.15) is 11.5 Å². The number of hydrogen-bond acceptors (Lipinski definition) is 1. The van der Waals surface area contributed by atoms with Gasteiger partial charge < -0.3 is 4.74 Å². The molecule has 0 unspecified atom stereocenters. The highest BCUT2D eigenvalue weighted by atomic mass is 16.5. The lowest BCUT2D eigenvalue weighted by atomic mass is 10.2. The Balaban J connectivity index is 2.67. The Labute approximate surface area is 97.8 Å². The summed E-state index contributed by atoms with van der Waals surface area (Å²) in [5.41, 5.74) is 1.24. The van der Waals surface area contributed by atoms with Gasteiger partial charge in [0.25, 0.3) is 0 Å². The molecule has 0 saturated heterocycles. The summed E-state index contributed by atoms with van der Waals surface area (Å²) in [6, 6.07) is 8.03. The molecule has 0 radical (unpaired) electrons. The summed E-state index contributed by atoms with van der Waals surface area (Å²) in [6.07, 6.45) is 9.81. The van der Waals surface area contributed by atoms with Gasteiger partial charge >= 0.3 is 0 Å². The van der Waals surface area contributed by atoms with E-state index in [1.54, 1.807) is 0 Å². The standard InChI is InChI=1S/C15H18O/c1-4-6-7-8-14(5-2)16-15-11-9-13(3)10-12-15/h4-12H,1-3H3/b6-4-,8-7-,14-5+. The summed E-state index contributed by atoms with van der Waals surface area (Å²) in [5, 5.41) is 0. The van der Waals surface area contributed by atoms with Crippen LogP contribution in [-0.4, -0.2) is 0 Å². The molecular formula is C15H18O. The molecule has 1 heteroatoms. The van der Waals surface area contributed by atoms with Crippen molar-refractivity contribution < 1.29 is 4.74 Å². The van der Waals surface area contributed by atoms with Crippen LogP contribution < -0.4 is 4.74 Å². The molecule has 0 heterocycles. The normalized spacial score (nSPS) is 12.6. The van der Waals surface area contributed by atoms with Crippen LogP contribution in [0.25, 0.3) is 0 Å². The highest BCUT2D eigenvalue weighted by Crippen LogP contribution is 2.15. The number of benzene rings is 1. The van der Waals surface area contributed by atoms with Gasteiger partial charge in [-0.3, -0.25) is 0 Å². The molecule has 0 atom stereocenters. The molecule has 0 N–H and O–H groups in total. The van der Waals surface area contributed by atoms with Gasteiger partial charge in [-0.1, -0.05) is 35.9 Å². The fraction of sp³-hybridized carbons (Fsp3) is 0.200. The fourth-order valence-electron chi connectivity index (χ4n) is 1.19. The quantitative estimate of drug-likeness (QED) is 0.533. The monoisotopic (exact) mass is 214 g/mol. The Morgan fingerprint density at radius 2 is 1.75 bits per heavy atom. The van der Waals surface area contributed by atoms with Crippen LogP contribution in [0.3, 0.4) is 0 Å². The van der Waals surface area contributed by atoms with Crippen LogP contribution in [0.2, 0.25) is 0 Å². The average Bonchev–Trinajstić information content (AvgIpc) is 2.31. The lowest BCUT2D eigenvalue weighted by molar-refractivity contribution is 0.443. The molecule has 0 aromatic heterocycles. The van der Waals surface area contributed by atoms with E-state index < -0.39 is 0 Å². The van der Waals surface area contributed by atoms with Gasteiger partial charge in [0.05, 0.1) is 0 Å². The fourth-order valence-corrected chi connectivity index (χ4v) is 1.19. The third-order valence-corrected chi connectivity index (χ3v) is 2.11. The molecule has 0 aliphatic carbocycles. The van der Waals surface area contributed by atoms with Gasteiger partial charge in [0.15, 0.2) is 0 Å². The average molecular weight is 214 g/mol. The lowest BCUT2D eigenvalue weighted by Crippen LogP contribution is -1.91. The van der Waals surface area contributed by atoms with Crippen molar-refractivity contribution in [3.8, 4) is 5.75 Å². The first-order chi connectivity index (χ1) is 7.76. The summed E-state index contributed by atoms with van der Waals surface area (Å²) in [5.74, 6) is 1.71. The van der Waals surface area contributed by atoms with Crippen LogP contribution in [0.5, 0.6) is 5.75 Å². The van der Waals surface area contributed by atoms with E-state index in [2.05, 4.69) is 6.92 Å². The minimum absolute atomic E-state index is 0.849. The van der Waals surface area contributed by atoms with Gasteiger partial charge in [-0.15, -0.1) is 0 Å². The molecule has 1 aromatic carbocycles. The van der Waals surface area contributed by atoms with Crippen LogP contribution in [-0.2, 0) is 0 Å². The Morgan fingerprint density at radius 1 is 1.06 bits per heavy atom. The Kier molecular flexibility index (Phi) is 5.13. The number of allylic oxidation sites excluding steroid dienone is 5. The summed E-state index contributed by atoms with van der Waals surface area (Å²) >= 11 is 0. The molecule has 0 saturated carbocycles. The minimum atomic E-state index is 0.849. The van der Waals surface area contributed by atoms with Crippen molar-refractivity contribution in [1.82, 2.24) is 0 Å². The number of hydrogen-bond donors (Lipinski definition) is 0. The predicted octanol–water partition coefficient (Wildman–Crippen LogP) is 4.41. The second-order valence-corrected chi connectivity index (χ2v) is 3.49. The summed E-state index contributed by atoms with van der Waals surface area (Å²) in [4.78, 5) is 0. The number of rotatable bonds is 4. The maximum atomic E-state index is 5.71. The molecule has 0 fully saturated rings. The first-order valence-electron chi connectivity index (χ1n) is 5.46. The molecule has 0 amide bonds. The Bertz CT molecular complexity index is 394. The predicted molar refractivity (Wildman–Crippen MR) is 69.5 cm³/mol. The van der Waals surface area contributed by atoms with Crippen molar-refractivity contribution in [2.24, 2.45) is 0 Å². The Morgan fingerprint density at radius 3 is 2.31 bits per heavy atom. The van der Waals surface area contributed by atoms with Gasteiger partial charge in [0.2, 0.25) is 0 Å². The molecular weight excluding hydrogens is 196 g/mol. The van der Waals surface area contributed by atoms with Gasteiger partial charge in [-0.05, 0) is 45.1 Å². The van der Waals surface area contributed by atoms with Crippen molar-refractivity contribution in [3.63, 3.8) is 0 Å². The highest BCUT2D eigenvalue weighted by Gasteiger charge is 1.95. The molecule has 84 valence electrons. The number of ether oxygens (including phenoxy) is 1. The summed E-state index contributed by atoms with van der Waals surface area (Å²) in [7, 11) is 0. The van der Waals surface area contributed by atoms with Crippen molar-refractivity contribution in [1.29, 1.82) is 0 Å². The van der Waals surface area contributed by atoms with E-state index in [1.807, 2.05) is 68.5 Å². The largest absolute Gasteiger partial charge is 0.458 e. The summed E-state index contributed by atoms with van der Waals surface area (Å²) < 4.78 is 5.71. The zero-order valence-corrected chi connectivity index (χ0v) is 10.1. The smallest absolute Gasteiger partial charge is 0.127 e. The van der Waals surface area contributed by atoms with E-state index in [-0.39, 0.29) is 0 Å². The lowest BCUT2D eigenvalue weighted by Gasteiger charge is -2.05. The van der Waals surface area contributed by atoms with Crippen LogP contribution in [0.1, 0.15) is 19.4 Å². The third-order valence-electron chi connectivity index (χ3n) is 2.11. The molecule has 0 bridgehead atoms. The van der Waals surface area contributed by atoms with E-state index in [0.717, 1.165) is 11.5 Å². The molecule has 1 rings (SSSR count). The second kappa shape index (κ2) is 6.67. The maximum Gasteiger partial charge on any atom is 0.127 e. The van der Waals surface area contributed by atoms with Crippen LogP contribution in [0.4, 0.5) is 0 Å². The molecule has 1 aromatic rings. The van der Waals surface area contributed by atoms with E-state index in [9.17, 15) is 0 Å². The number of aryl methyl sites for hydroxylation is 1. The molecule has 1 nitrogen and oxygen atoms in total. The van der Waals surface area contributed by atoms with E-state index >= 15 is 0 Å². The first-order valence-corrected chi connectivity index (χ1v) is 5.46. The highest BCUT2D eigenvalue weighted by molar-refractivity contribution is 5.30. The van der Waals surface area contributed by atoms with Gasteiger partial charge in [-0.2, -0.15) is 0 Å². The van der Waals surface area contributed by atoms with Crippen molar-refractivity contribution in [2.75, 3.05) is 0 Å². The maximum absolute atomic E-state index is 5.71. The van der Waals surface area contributed by atoms with Crippen LogP contribution in [0.15, 0.2) is 60.4 Å². The van der Waals surface area contributed by atoms with Gasteiger partial charge in [0, 0.05) is 0 Å². The van der Waals surface area contributed by atoms with E-state index in [1.165, 1.54) is 5.56 Å². The topological polar surface area (TPSA) is 9.23 Å².